The predicted molar refractivity (Wildman–Crippen MR) is 62.4 cm³/mol. The van der Waals surface area contributed by atoms with Gasteiger partial charge in [-0.15, -0.1) is 0 Å². The molecule has 1 aliphatic carbocycles. The van der Waals surface area contributed by atoms with Gasteiger partial charge in [-0.25, -0.2) is 0 Å². The zero-order valence-electron chi connectivity index (χ0n) is 10.1. The van der Waals surface area contributed by atoms with Gasteiger partial charge in [-0.3, -0.25) is 4.79 Å². The SMILES string of the molecule is CC(C)[C@H]1CC[C@H](NC(=O)[C@@H](C)N)CC1. The van der Waals surface area contributed by atoms with Crippen molar-refractivity contribution in [2.24, 2.45) is 17.6 Å². The van der Waals surface area contributed by atoms with E-state index in [1.165, 1.54) is 12.8 Å². The molecule has 1 atom stereocenters. The van der Waals surface area contributed by atoms with Crippen molar-refractivity contribution in [1.82, 2.24) is 5.32 Å². The molecular formula is C12H24N2O. The highest BCUT2D eigenvalue weighted by Gasteiger charge is 2.24. The molecule has 1 amide bonds. The largest absolute Gasteiger partial charge is 0.352 e. The number of nitrogens with one attached hydrogen (secondary N) is 1. The van der Waals surface area contributed by atoms with Crippen molar-refractivity contribution >= 4 is 5.91 Å². The first-order chi connectivity index (χ1) is 7.00. The number of hydrogen-bond donors (Lipinski definition) is 2. The van der Waals surface area contributed by atoms with E-state index in [0.29, 0.717) is 6.04 Å². The zero-order valence-corrected chi connectivity index (χ0v) is 10.1. The highest BCUT2D eigenvalue weighted by molar-refractivity contribution is 5.81. The lowest BCUT2D eigenvalue weighted by molar-refractivity contribution is -0.123. The topological polar surface area (TPSA) is 55.1 Å². The Labute approximate surface area is 92.8 Å². The summed E-state index contributed by atoms with van der Waals surface area (Å²) in [6.45, 7) is 6.30. The number of hydrogen-bond acceptors (Lipinski definition) is 2. The lowest BCUT2D eigenvalue weighted by Crippen LogP contribution is -2.45. The molecule has 0 bridgehead atoms. The van der Waals surface area contributed by atoms with Crippen LogP contribution in [0.3, 0.4) is 0 Å². The van der Waals surface area contributed by atoms with E-state index < -0.39 is 0 Å². The summed E-state index contributed by atoms with van der Waals surface area (Å²) >= 11 is 0. The first kappa shape index (κ1) is 12.5. The Morgan fingerprint density at radius 1 is 1.20 bits per heavy atom. The summed E-state index contributed by atoms with van der Waals surface area (Å²) in [6.07, 6.45) is 4.70. The molecule has 0 saturated heterocycles. The lowest BCUT2D eigenvalue weighted by Gasteiger charge is -2.31. The maximum Gasteiger partial charge on any atom is 0.236 e. The Hall–Kier alpha value is -0.570. The Morgan fingerprint density at radius 3 is 2.13 bits per heavy atom. The molecule has 0 aromatic carbocycles. The minimum atomic E-state index is -0.382. The molecule has 88 valence electrons. The van der Waals surface area contributed by atoms with E-state index >= 15 is 0 Å². The second-order valence-electron chi connectivity index (χ2n) is 5.15. The molecule has 0 aromatic heterocycles. The van der Waals surface area contributed by atoms with Gasteiger partial charge in [-0.1, -0.05) is 13.8 Å². The third kappa shape index (κ3) is 3.82. The minimum Gasteiger partial charge on any atom is -0.352 e. The Bertz CT molecular complexity index is 206. The smallest absolute Gasteiger partial charge is 0.236 e. The van der Waals surface area contributed by atoms with E-state index in [-0.39, 0.29) is 11.9 Å². The van der Waals surface area contributed by atoms with E-state index in [2.05, 4.69) is 19.2 Å². The monoisotopic (exact) mass is 212 g/mol. The van der Waals surface area contributed by atoms with E-state index in [9.17, 15) is 4.79 Å². The molecule has 1 aliphatic rings. The fourth-order valence-electron chi connectivity index (χ4n) is 2.26. The van der Waals surface area contributed by atoms with Gasteiger partial charge in [0.15, 0.2) is 0 Å². The van der Waals surface area contributed by atoms with Crippen molar-refractivity contribution in [2.45, 2.75) is 58.5 Å². The Morgan fingerprint density at radius 2 is 1.73 bits per heavy atom. The first-order valence-corrected chi connectivity index (χ1v) is 6.06. The van der Waals surface area contributed by atoms with Crippen LogP contribution in [0.1, 0.15) is 46.5 Å². The summed E-state index contributed by atoms with van der Waals surface area (Å²) in [5.74, 6) is 1.60. The molecular weight excluding hydrogens is 188 g/mol. The van der Waals surface area contributed by atoms with Crippen LogP contribution in [0, 0.1) is 11.8 Å². The van der Waals surface area contributed by atoms with Crippen LogP contribution in [0.15, 0.2) is 0 Å². The molecule has 1 fully saturated rings. The van der Waals surface area contributed by atoms with Crippen molar-refractivity contribution in [3.63, 3.8) is 0 Å². The second kappa shape index (κ2) is 5.50. The van der Waals surface area contributed by atoms with Crippen molar-refractivity contribution < 1.29 is 4.79 Å². The van der Waals surface area contributed by atoms with Gasteiger partial charge >= 0.3 is 0 Å². The van der Waals surface area contributed by atoms with Crippen LogP contribution in [-0.2, 0) is 4.79 Å². The number of nitrogens with two attached hydrogens (primary N) is 1. The Balaban J connectivity index is 2.29. The normalized spacial score (nSPS) is 28.9. The zero-order chi connectivity index (χ0) is 11.4. The highest BCUT2D eigenvalue weighted by Crippen LogP contribution is 2.29. The van der Waals surface area contributed by atoms with Gasteiger partial charge in [0, 0.05) is 6.04 Å². The van der Waals surface area contributed by atoms with E-state index in [4.69, 9.17) is 5.73 Å². The summed E-state index contributed by atoms with van der Waals surface area (Å²) in [4.78, 5) is 11.4. The average molecular weight is 212 g/mol. The molecule has 0 heterocycles. The number of rotatable bonds is 3. The van der Waals surface area contributed by atoms with Gasteiger partial charge in [0.1, 0.15) is 0 Å². The molecule has 3 N–H and O–H groups in total. The molecule has 3 nitrogen and oxygen atoms in total. The average Bonchev–Trinajstić information content (AvgIpc) is 2.18. The maximum absolute atomic E-state index is 11.4. The van der Waals surface area contributed by atoms with Gasteiger partial charge in [0.05, 0.1) is 6.04 Å². The second-order valence-corrected chi connectivity index (χ2v) is 5.15. The third-order valence-electron chi connectivity index (χ3n) is 3.47. The number of carbonyl (C=O) groups is 1. The van der Waals surface area contributed by atoms with E-state index in [0.717, 1.165) is 24.7 Å². The van der Waals surface area contributed by atoms with Crippen molar-refractivity contribution in [1.29, 1.82) is 0 Å². The molecule has 0 radical (unpaired) electrons. The van der Waals surface area contributed by atoms with Crippen LogP contribution in [0.25, 0.3) is 0 Å². The van der Waals surface area contributed by atoms with Crippen molar-refractivity contribution in [3.8, 4) is 0 Å². The van der Waals surface area contributed by atoms with Gasteiger partial charge in [-0.05, 0) is 44.4 Å². The van der Waals surface area contributed by atoms with Gasteiger partial charge < -0.3 is 11.1 Å². The van der Waals surface area contributed by atoms with Crippen LogP contribution >= 0.6 is 0 Å². The molecule has 0 spiro atoms. The minimum absolute atomic E-state index is 0.0111. The van der Waals surface area contributed by atoms with Crippen LogP contribution < -0.4 is 11.1 Å². The van der Waals surface area contributed by atoms with Crippen LogP contribution in [0.4, 0.5) is 0 Å². The van der Waals surface area contributed by atoms with E-state index in [1.807, 2.05) is 0 Å². The quantitative estimate of drug-likeness (QED) is 0.747. The molecule has 1 saturated carbocycles. The molecule has 1 rings (SSSR count). The summed E-state index contributed by atoms with van der Waals surface area (Å²) in [7, 11) is 0. The van der Waals surface area contributed by atoms with Crippen LogP contribution in [0.5, 0.6) is 0 Å². The summed E-state index contributed by atoms with van der Waals surface area (Å²) in [5, 5.41) is 3.01. The summed E-state index contributed by atoms with van der Waals surface area (Å²) in [5.41, 5.74) is 5.52. The lowest BCUT2D eigenvalue weighted by atomic mass is 9.79. The van der Waals surface area contributed by atoms with Gasteiger partial charge in [0.2, 0.25) is 5.91 Å². The van der Waals surface area contributed by atoms with Crippen LogP contribution in [-0.4, -0.2) is 18.0 Å². The summed E-state index contributed by atoms with van der Waals surface area (Å²) < 4.78 is 0. The molecule has 0 aromatic rings. The molecule has 3 heteroatoms. The molecule has 0 unspecified atom stereocenters. The third-order valence-corrected chi connectivity index (χ3v) is 3.47. The fraction of sp³-hybridized carbons (Fsp3) is 0.917. The summed E-state index contributed by atoms with van der Waals surface area (Å²) in [6, 6.07) is -0.0219. The standard InChI is InChI=1S/C12H24N2O/c1-8(2)10-4-6-11(7-5-10)14-12(15)9(3)13/h8-11H,4-7,13H2,1-3H3,(H,14,15)/t9-,10-,11-/m1/s1. The molecule has 15 heavy (non-hydrogen) atoms. The number of amides is 1. The first-order valence-electron chi connectivity index (χ1n) is 6.06. The van der Waals surface area contributed by atoms with E-state index in [1.54, 1.807) is 6.92 Å². The van der Waals surface area contributed by atoms with Gasteiger partial charge in [0.25, 0.3) is 0 Å². The molecule has 0 aliphatic heterocycles. The maximum atomic E-state index is 11.4. The van der Waals surface area contributed by atoms with Crippen LogP contribution in [0.2, 0.25) is 0 Å². The predicted octanol–water partition coefficient (Wildman–Crippen LogP) is 1.66. The number of carbonyl (C=O) groups excluding carboxylic acids is 1. The van der Waals surface area contributed by atoms with Crippen molar-refractivity contribution in [2.75, 3.05) is 0 Å². The fourth-order valence-corrected chi connectivity index (χ4v) is 2.26. The van der Waals surface area contributed by atoms with Crippen molar-refractivity contribution in [3.05, 3.63) is 0 Å². The highest BCUT2D eigenvalue weighted by atomic mass is 16.2. The Kier molecular flexibility index (Phi) is 4.58. The van der Waals surface area contributed by atoms with Gasteiger partial charge in [-0.2, -0.15) is 0 Å².